The van der Waals surface area contributed by atoms with Gasteiger partial charge in [-0.3, -0.25) is 4.79 Å². The third kappa shape index (κ3) is 5.92. The second kappa shape index (κ2) is 10.4. The molecule has 0 heterocycles. The third-order valence-electron chi connectivity index (χ3n) is 4.38. The first-order chi connectivity index (χ1) is 14.5. The number of carbonyl (C=O) groups excluding carboxylic acids is 1. The van der Waals surface area contributed by atoms with Crippen molar-refractivity contribution in [3.05, 3.63) is 76.8 Å². The molecule has 0 aromatic heterocycles. The largest absolute Gasteiger partial charge is 0.505 e. The molecule has 0 bridgehead atoms. The number of halogens is 1. The fourth-order valence-corrected chi connectivity index (χ4v) is 4.16. The molecule has 3 aromatic carbocycles. The van der Waals surface area contributed by atoms with Gasteiger partial charge in [0, 0.05) is 40.6 Å². The van der Waals surface area contributed by atoms with E-state index in [0.29, 0.717) is 29.2 Å². The average molecular weight is 443 g/mol. The van der Waals surface area contributed by atoms with Gasteiger partial charge in [-0.1, -0.05) is 41.6 Å². The monoisotopic (exact) mass is 442 g/mol. The second-order valence-corrected chi connectivity index (χ2v) is 8.26. The van der Waals surface area contributed by atoms with Crippen molar-refractivity contribution in [1.29, 1.82) is 0 Å². The minimum absolute atomic E-state index is 0.0620. The van der Waals surface area contributed by atoms with E-state index in [1.807, 2.05) is 48.5 Å². The molecular formula is C23H23ClN2O3S. The molecule has 5 nitrogen and oxygen atoms in total. The van der Waals surface area contributed by atoms with Crippen LogP contribution in [0.3, 0.4) is 0 Å². The molecule has 0 unspecified atom stereocenters. The topological polar surface area (TPSA) is 81.6 Å². The molecule has 30 heavy (non-hydrogen) atoms. The van der Waals surface area contributed by atoms with Crippen LogP contribution in [0.15, 0.2) is 70.5 Å². The molecule has 0 aliphatic heterocycles. The summed E-state index contributed by atoms with van der Waals surface area (Å²) < 4.78 is 0. The number of aliphatic hydroxyl groups excluding tert-OH is 1. The number of hydrogen-bond acceptors (Lipinski definition) is 5. The molecule has 7 heteroatoms. The number of phenols is 1. The number of nitrogens with one attached hydrogen (secondary N) is 2. The van der Waals surface area contributed by atoms with E-state index in [-0.39, 0.29) is 18.3 Å². The minimum atomic E-state index is -0.0989. The summed E-state index contributed by atoms with van der Waals surface area (Å²) in [5.41, 5.74) is 2.97. The molecule has 156 valence electrons. The molecule has 0 spiro atoms. The lowest BCUT2D eigenvalue weighted by atomic mass is 10.1. The Kier molecular flexibility index (Phi) is 7.63. The predicted octanol–water partition coefficient (Wildman–Crippen LogP) is 5.30. The first-order valence-electron chi connectivity index (χ1n) is 9.46. The highest BCUT2D eigenvalue weighted by molar-refractivity contribution is 7.99. The van der Waals surface area contributed by atoms with Crippen molar-refractivity contribution in [2.45, 2.75) is 29.7 Å². The molecule has 4 N–H and O–H groups in total. The summed E-state index contributed by atoms with van der Waals surface area (Å²) in [6, 6.07) is 19.0. The van der Waals surface area contributed by atoms with Gasteiger partial charge in [0.1, 0.15) is 5.75 Å². The van der Waals surface area contributed by atoms with Gasteiger partial charge in [0.2, 0.25) is 5.91 Å². The van der Waals surface area contributed by atoms with E-state index >= 15 is 0 Å². The lowest BCUT2D eigenvalue weighted by Crippen LogP contribution is -2.05. The van der Waals surface area contributed by atoms with Gasteiger partial charge in [-0.25, -0.2) is 0 Å². The van der Waals surface area contributed by atoms with Crippen LogP contribution in [-0.2, 0) is 17.8 Å². The number of amides is 1. The maximum atomic E-state index is 11.2. The van der Waals surface area contributed by atoms with Crippen molar-refractivity contribution < 1.29 is 15.0 Å². The Morgan fingerprint density at radius 3 is 2.50 bits per heavy atom. The number of rotatable bonds is 8. The minimum Gasteiger partial charge on any atom is -0.505 e. The van der Waals surface area contributed by atoms with Crippen molar-refractivity contribution in [3.63, 3.8) is 0 Å². The summed E-state index contributed by atoms with van der Waals surface area (Å²) in [6.07, 6.45) is 0.335. The highest BCUT2D eigenvalue weighted by Gasteiger charge is 2.11. The summed E-state index contributed by atoms with van der Waals surface area (Å²) >= 11 is 7.78. The highest BCUT2D eigenvalue weighted by Crippen LogP contribution is 2.34. The molecule has 0 radical (unpaired) electrons. The van der Waals surface area contributed by atoms with E-state index < -0.39 is 0 Å². The van der Waals surface area contributed by atoms with E-state index in [1.54, 1.807) is 23.9 Å². The molecule has 0 saturated carbocycles. The number of anilines is 2. The highest BCUT2D eigenvalue weighted by atomic mass is 35.5. The lowest BCUT2D eigenvalue weighted by molar-refractivity contribution is -0.114. The summed E-state index contributed by atoms with van der Waals surface area (Å²) in [7, 11) is 0. The SMILES string of the molecule is CC(=O)Nc1ccc(Sc2ccccc2CNc2cc(Cl)cc(CCO)c2O)cc1. The third-order valence-corrected chi connectivity index (χ3v) is 5.72. The van der Waals surface area contributed by atoms with Gasteiger partial charge in [-0.2, -0.15) is 0 Å². The Balaban J connectivity index is 1.74. The molecule has 0 saturated heterocycles. The normalized spacial score (nSPS) is 10.6. The van der Waals surface area contributed by atoms with Gasteiger partial charge >= 0.3 is 0 Å². The van der Waals surface area contributed by atoms with Crippen LogP contribution in [0.1, 0.15) is 18.1 Å². The molecule has 0 atom stereocenters. The van der Waals surface area contributed by atoms with Crippen molar-refractivity contribution in [2.75, 3.05) is 17.2 Å². The Bertz CT molecular complexity index is 1030. The Morgan fingerprint density at radius 1 is 1.07 bits per heavy atom. The van der Waals surface area contributed by atoms with Crippen molar-refractivity contribution in [1.82, 2.24) is 0 Å². The Morgan fingerprint density at radius 2 is 1.80 bits per heavy atom. The quantitative estimate of drug-likeness (QED) is 0.356. The zero-order valence-corrected chi connectivity index (χ0v) is 18.1. The maximum Gasteiger partial charge on any atom is 0.221 e. The van der Waals surface area contributed by atoms with Gasteiger partial charge in [-0.05, 0) is 60.0 Å². The summed E-state index contributed by atoms with van der Waals surface area (Å²) in [5.74, 6) is 0.00498. The number of phenolic OH excluding ortho intramolecular Hbond substituents is 1. The average Bonchev–Trinajstić information content (AvgIpc) is 2.71. The summed E-state index contributed by atoms with van der Waals surface area (Å²) in [5, 5.41) is 26.1. The summed E-state index contributed by atoms with van der Waals surface area (Å²) in [4.78, 5) is 13.3. The van der Waals surface area contributed by atoms with E-state index in [9.17, 15) is 15.0 Å². The van der Waals surface area contributed by atoms with Crippen LogP contribution in [0.5, 0.6) is 5.75 Å². The number of aromatic hydroxyl groups is 1. The molecule has 3 rings (SSSR count). The van der Waals surface area contributed by atoms with E-state index in [1.165, 1.54) is 6.92 Å². The fraction of sp³-hybridized carbons (Fsp3) is 0.174. The molecule has 0 fully saturated rings. The van der Waals surface area contributed by atoms with E-state index in [4.69, 9.17) is 11.6 Å². The predicted molar refractivity (Wildman–Crippen MR) is 123 cm³/mol. The van der Waals surface area contributed by atoms with Gasteiger partial charge in [0.15, 0.2) is 0 Å². The first kappa shape index (κ1) is 22.0. The van der Waals surface area contributed by atoms with Crippen LogP contribution in [0.4, 0.5) is 11.4 Å². The second-order valence-electron chi connectivity index (χ2n) is 6.70. The van der Waals surface area contributed by atoms with Crippen LogP contribution >= 0.6 is 23.4 Å². The molecule has 3 aromatic rings. The lowest BCUT2D eigenvalue weighted by Gasteiger charge is -2.14. The number of benzene rings is 3. The van der Waals surface area contributed by atoms with E-state index in [0.717, 1.165) is 21.0 Å². The maximum absolute atomic E-state index is 11.2. The van der Waals surface area contributed by atoms with Crippen LogP contribution in [0.25, 0.3) is 0 Å². The van der Waals surface area contributed by atoms with Gasteiger partial charge in [0.05, 0.1) is 5.69 Å². The van der Waals surface area contributed by atoms with E-state index in [2.05, 4.69) is 10.6 Å². The zero-order chi connectivity index (χ0) is 21.5. The zero-order valence-electron chi connectivity index (χ0n) is 16.5. The Hall–Kier alpha value is -2.67. The van der Waals surface area contributed by atoms with Gasteiger partial charge < -0.3 is 20.8 Å². The molecular weight excluding hydrogens is 420 g/mol. The van der Waals surface area contributed by atoms with Crippen molar-refractivity contribution >= 4 is 40.6 Å². The molecule has 0 aliphatic rings. The number of aliphatic hydroxyl groups is 1. The van der Waals surface area contributed by atoms with Crippen molar-refractivity contribution in [2.24, 2.45) is 0 Å². The first-order valence-corrected chi connectivity index (χ1v) is 10.6. The number of hydrogen-bond donors (Lipinski definition) is 4. The Labute approximate surface area is 185 Å². The number of carbonyl (C=O) groups is 1. The van der Waals surface area contributed by atoms with Crippen LogP contribution in [-0.4, -0.2) is 22.7 Å². The summed E-state index contributed by atoms with van der Waals surface area (Å²) in [6.45, 7) is 1.92. The molecule has 1 amide bonds. The van der Waals surface area contributed by atoms with Crippen molar-refractivity contribution in [3.8, 4) is 5.75 Å². The van der Waals surface area contributed by atoms with Crippen LogP contribution in [0.2, 0.25) is 5.02 Å². The van der Waals surface area contributed by atoms with Crippen LogP contribution in [0, 0.1) is 0 Å². The van der Waals surface area contributed by atoms with Gasteiger partial charge in [-0.15, -0.1) is 0 Å². The smallest absolute Gasteiger partial charge is 0.221 e. The van der Waals surface area contributed by atoms with Gasteiger partial charge in [0.25, 0.3) is 0 Å². The molecule has 0 aliphatic carbocycles. The fourth-order valence-electron chi connectivity index (χ4n) is 2.98. The standard InChI is InChI=1S/C23H23ClN2O3S/c1-15(28)26-19-6-8-20(9-7-19)30-22-5-3-2-4-17(22)14-25-21-13-18(24)12-16(10-11-27)23(21)29/h2-9,12-13,25,27,29H,10-11,14H2,1H3,(H,26,28). The van der Waals surface area contributed by atoms with Crippen LogP contribution < -0.4 is 10.6 Å².